The van der Waals surface area contributed by atoms with Crippen LogP contribution in [0, 0.1) is 0 Å². The second-order valence-corrected chi connectivity index (χ2v) is 5.24. The molecule has 2 N–H and O–H groups in total. The molecule has 0 spiro atoms. The molecule has 1 aromatic heterocycles. The number of amides is 1. The highest BCUT2D eigenvalue weighted by molar-refractivity contribution is 5.93. The standard InChI is InChI=1S/C12H17N3O3/c16-8-12(18)6-14(7-12)11(17)10-5-9-3-1-2-4-15(9)13-10/h5,16,18H,1-4,6-8H2. The van der Waals surface area contributed by atoms with E-state index in [4.69, 9.17) is 5.11 Å². The van der Waals surface area contributed by atoms with Gasteiger partial charge in [-0.3, -0.25) is 9.48 Å². The number of hydrogen-bond acceptors (Lipinski definition) is 4. The van der Waals surface area contributed by atoms with Crippen LogP contribution in [0.5, 0.6) is 0 Å². The molecule has 1 amide bonds. The second-order valence-electron chi connectivity index (χ2n) is 5.24. The van der Waals surface area contributed by atoms with Gasteiger partial charge in [-0.2, -0.15) is 5.10 Å². The average Bonchev–Trinajstić information content (AvgIpc) is 2.77. The Bertz CT molecular complexity index is 453. The minimum absolute atomic E-state index is 0.157. The lowest BCUT2D eigenvalue weighted by Gasteiger charge is -2.44. The first-order valence-corrected chi connectivity index (χ1v) is 6.31. The molecular weight excluding hydrogens is 234 g/mol. The minimum atomic E-state index is -1.12. The lowest BCUT2D eigenvalue weighted by Crippen LogP contribution is -2.65. The number of carbonyl (C=O) groups excluding carboxylic acids is 1. The van der Waals surface area contributed by atoms with Crippen molar-refractivity contribution in [3.8, 4) is 0 Å². The van der Waals surface area contributed by atoms with Crippen LogP contribution in [-0.4, -0.2) is 56.1 Å². The van der Waals surface area contributed by atoms with Crippen molar-refractivity contribution >= 4 is 5.91 Å². The normalized spacial score (nSPS) is 21.3. The number of β-amino-alcohol motifs (C(OH)–C–C–N with tert-alkyl or cyclic N) is 1. The number of nitrogens with zero attached hydrogens (tertiary/aromatic N) is 3. The molecule has 0 bridgehead atoms. The third-order valence-corrected chi connectivity index (χ3v) is 3.69. The number of aliphatic hydroxyl groups excluding tert-OH is 1. The maximum Gasteiger partial charge on any atom is 0.274 e. The molecule has 2 aliphatic rings. The fourth-order valence-corrected chi connectivity index (χ4v) is 2.59. The Balaban J connectivity index is 1.72. The fourth-order valence-electron chi connectivity index (χ4n) is 2.59. The Morgan fingerprint density at radius 1 is 1.44 bits per heavy atom. The number of aryl methyl sites for hydroxylation is 2. The molecule has 1 saturated heterocycles. The van der Waals surface area contributed by atoms with Crippen molar-refractivity contribution in [1.29, 1.82) is 0 Å². The third kappa shape index (κ3) is 1.81. The van der Waals surface area contributed by atoms with Crippen LogP contribution in [-0.2, 0) is 13.0 Å². The van der Waals surface area contributed by atoms with Gasteiger partial charge >= 0.3 is 0 Å². The van der Waals surface area contributed by atoms with Gasteiger partial charge in [-0.1, -0.05) is 0 Å². The van der Waals surface area contributed by atoms with Gasteiger partial charge < -0.3 is 15.1 Å². The first-order valence-electron chi connectivity index (χ1n) is 6.31. The molecule has 0 unspecified atom stereocenters. The van der Waals surface area contributed by atoms with Crippen molar-refractivity contribution in [1.82, 2.24) is 14.7 Å². The van der Waals surface area contributed by atoms with Crippen LogP contribution in [0.1, 0.15) is 29.0 Å². The Morgan fingerprint density at radius 3 is 2.89 bits per heavy atom. The summed E-state index contributed by atoms with van der Waals surface area (Å²) in [4.78, 5) is 13.6. The summed E-state index contributed by atoms with van der Waals surface area (Å²) in [5.41, 5.74) is 0.448. The van der Waals surface area contributed by atoms with E-state index >= 15 is 0 Å². The summed E-state index contributed by atoms with van der Waals surface area (Å²) in [6.45, 7) is 0.939. The number of aliphatic hydroxyl groups is 2. The van der Waals surface area contributed by atoms with Crippen LogP contribution in [0.4, 0.5) is 0 Å². The zero-order valence-corrected chi connectivity index (χ0v) is 10.2. The van der Waals surface area contributed by atoms with Gasteiger partial charge in [0.2, 0.25) is 0 Å². The average molecular weight is 251 g/mol. The van der Waals surface area contributed by atoms with E-state index in [9.17, 15) is 9.90 Å². The van der Waals surface area contributed by atoms with Crippen LogP contribution < -0.4 is 0 Å². The Hall–Kier alpha value is -1.40. The third-order valence-electron chi connectivity index (χ3n) is 3.69. The van der Waals surface area contributed by atoms with E-state index in [0.29, 0.717) is 5.69 Å². The van der Waals surface area contributed by atoms with Gasteiger partial charge in [0.25, 0.3) is 5.91 Å². The largest absolute Gasteiger partial charge is 0.393 e. The summed E-state index contributed by atoms with van der Waals surface area (Å²) in [6.07, 6.45) is 3.23. The monoisotopic (exact) mass is 251 g/mol. The molecule has 98 valence electrons. The van der Waals surface area contributed by atoms with Crippen LogP contribution in [0.15, 0.2) is 6.07 Å². The van der Waals surface area contributed by atoms with Gasteiger partial charge in [-0.25, -0.2) is 0 Å². The van der Waals surface area contributed by atoms with Crippen molar-refractivity contribution in [2.45, 2.75) is 31.4 Å². The maximum absolute atomic E-state index is 12.1. The first kappa shape index (κ1) is 11.7. The number of fused-ring (bicyclic) bond motifs is 1. The summed E-state index contributed by atoms with van der Waals surface area (Å²) < 4.78 is 1.90. The molecule has 6 nitrogen and oxygen atoms in total. The molecule has 0 aliphatic carbocycles. The van der Waals surface area contributed by atoms with Crippen LogP contribution in [0.25, 0.3) is 0 Å². The molecular formula is C12H17N3O3. The zero-order chi connectivity index (χ0) is 12.8. The highest BCUT2D eigenvalue weighted by Crippen LogP contribution is 2.23. The van der Waals surface area contributed by atoms with Gasteiger partial charge in [0.1, 0.15) is 5.60 Å². The van der Waals surface area contributed by atoms with E-state index in [1.54, 1.807) is 0 Å². The SMILES string of the molecule is O=C(c1cc2n(n1)CCCC2)N1CC(O)(CO)C1. The Labute approximate surface area is 105 Å². The van der Waals surface area contributed by atoms with Crippen LogP contribution >= 0.6 is 0 Å². The van der Waals surface area contributed by atoms with Gasteiger partial charge in [0, 0.05) is 12.2 Å². The highest BCUT2D eigenvalue weighted by atomic mass is 16.3. The molecule has 3 rings (SSSR count). The molecule has 1 fully saturated rings. The fraction of sp³-hybridized carbons (Fsp3) is 0.667. The van der Waals surface area contributed by atoms with Crippen molar-refractivity contribution in [3.63, 3.8) is 0 Å². The van der Waals surface area contributed by atoms with E-state index in [-0.39, 0.29) is 25.6 Å². The summed E-state index contributed by atoms with van der Waals surface area (Å²) in [5.74, 6) is -0.157. The number of rotatable bonds is 2. The summed E-state index contributed by atoms with van der Waals surface area (Å²) in [7, 11) is 0. The van der Waals surface area contributed by atoms with Crippen molar-refractivity contribution < 1.29 is 15.0 Å². The van der Waals surface area contributed by atoms with Crippen molar-refractivity contribution in [2.24, 2.45) is 0 Å². The van der Waals surface area contributed by atoms with Crippen molar-refractivity contribution in [2.75, 3.05) is 19.7 Å². The lowest BCUT2D eigenvalue weighted by molar-refractivity contribution is -0.110. The molecule has 3 heterocycles. The molecule has 6 heteroatoms. The topological polar surface area (TPSA) is 78.6 Å². The molecule has 0 saturated carbocycles. The molecule has 1 aromatic rings. The number of carbonyl (C=O) groups is 1. The molecule has 0 radical (unpaired) electrons. The number of likely N-dealkylation sites (tertiary alicyclic amines) is 1. The van der Waals surface area contributed by atoms with E-state index in [1.807, 2.05) is 10.7 Å². The zero-order valence-electron chi connectivity index (χ0n) is 10.2. The first-order chi connectivity index (χ1) is 8.61. The van der Waals surface area contributed by atoms with Gasteiger partial charge in [0.05, 0.1) is 19.7 Å². The number of hydrogen-bond donors (Lipinski definition) is 2. The summed E-state index contributed by atoms with van der Waals surface area (Å²) in [5, 5.41) is 22.9. The van der Waals surface area contributed by atoms with Gasteiger partial charge in [0.15, 0.2) is 5.69 Å². The molecule has 2 aliphatic heterocycles. The maximum atomic E-state index is 12.1. The Morgan fingerprint density at radius 2 is 2.22 bits per heavy atom. The van der Waals surface area contributed by atoms with Gasteiger partial charge in [-0.05, 0) is 25.3 Å². The van der Waals surface area contributed by atoms with E-state index in [2.05, 4.69) is 5.10 Å². The minimum Gasteiger partial charge on any atom is -0.393 e. The smallest absolute Gasteiger partial charge is 0.274 e. The predicted octanol–water partition coefficient (Wildman–Crippen LogP) is -0.601. The summed E-state index contributed by atoms with van der Waals surface area (Å²) in [6, 6.07) is 1.85. The molecule has 0 atom stereocenters. The van der Waals surface area contributed by atoms with Crippen LogP contribution in [0.3, 0.4) is 0 Å². The van der Waals surface area contributed by atoms with Crippen molar-refractivity contribution in [3.05, 3.63) is 17.5 Å². The van der Waals surface area contributed by atoms with Gasteiger partial charge in [-0.15, -0.1) is 0 Å². The lowest BCUT2D eigenvalue weighted by atomic mass is 9.95. The summed E-state index contributed by atoms with van der Waals surface area (Å²) >= 11 is 0. The highest BCUT2D eigenvalue weighted by Gasteiger charge is 2.43. The second kappa shape index (κ2) is 4.07. The Kier molecular flexibility index (Phi) is 2.64. The van der Waals surface area contributed by atoms with Crippen LogP contribution in [0.2, 0.25) is 0 Å². The van der Waals surface area contributed by atoms with E-state index < -0.39 is 5.60 Å². The molecule has 18 heavy (non-hydrogen) atoms. The number of aromatic nitrogens is 2. The molecule has 0 aromatic carbocycles. The quantitative estimate of drug-likeness (QED) is 0.735. The van der Waals surface area contributed by atoms with E-state index in [0.717, 1.165) is 31.5 Å². The van der Waals surface area contributed by atoms with E-state index in [1.165, 1.54) is 4.90 Å². The predicted molar refractivity (Wildman–Crippen MR) is 63.1 cm³/mol.